The van der Waals surface area contributed by atoms with Crippen molar-refractivity contribution in [3.8, 4) is 0 Å². The van der Waals surface area contributed by atoms with Crippen molar-refractivity contribution in [2.75, 3.05) is 11.9 Å². The monoisotopic (exact) mass is 278 g/mol. The number of rotatable bonds is 5. The second-order valence-electron chi connectivity index (χ2n) is 4.92. The number of nitrogens with two attached hydrogens (primary N) is 1. The van der Waals surface area contributed by atoms with Gasteiger partial charge in [-0.2, -0.15) is 0 Å². The van der Waals surface area contributed by atoms with E-state index in [2.05, 4.69) is 10.5 Å². The number of aryl methyl sites for hydroxylation is 1. The Morgan fingerprint density at radius 1 is 1.40 bits per heavy atom. The lowest BCUT2D eigenvalue weighted by atomic mass is 10.2. The van der Waals surface area contributed by atoms with Crippen molar-refractivity contribution in [1.82, 2.24) is 4.90 Å². The molecule has 0 aromatic heterocycles. The Morgan fingerprint density at radius 2 is 2.00 bits per heavy atom. The molecule has 0 saturated heterocycles. The van der Waals surface area contributed by atoms with Crippen LogP contribution < -0.4 is 11.1 Å². The van der Waals surface area contributed by atoms with Crippen LogP contribution in [0.15, 0.2) is 29.4 Å². The first kappa shape index (κ1) is 15.8. The maximum absolute atomic E-state index is 12.2. The fraction of sp³-hybridized carbons (Fsp3) is 0.429. The molecule has 2 amide bonds. The van der Waals surface area contributed by atoms with E-state index in [0.717, 1.165) is 11.3 Å². The van der Waals surface area contributed by atoms with Crippen LogP contribution in [0.2, 0.25) is 0 Å². The summed E-state index contributed by atoms with van der Waals surface area (Å²) in [5.74, 6) is 0.110. The van der Waals surface area contributed by atoms with Crippen molar-refractivity contribution in [3.63, 3.8) is 0 Å². The van der Waals surface area contributed by atoms with E-state index in [4.69, 9.17) is 10.9 Å². The van der Waals surface area contributed by atoms with Gasteiger partial charge in [-0.1, -0.05) is 22.9 Å². The normalized spacial score (nSPS) is 11.5. The molecule has 20 heavy (non-hydrogen) atoms. The van der Waals surface area contributed by atoms with Crippen molar-refractivity contribution < 1.29 is 10.0 Å². The topological polar surface area (TPSA) is 91.0 Å². The molecule has 0 bridgehead atoms. The summed E-state index contributed by atoms with van der Waals surface area (Å²) >= 11 is 0. The summed E-state index contributed by atoms with van der Waals surface area (Å²) in [4.78, 5) is 13.8. The average Bonchev–Trinajstić information content (AvgIpc) is 2.41. The van der Waals surface area contributed by atoms with Crippen molar-refractivity contribution in [1.29, 1.82) is 0 Å². The summed E-state index contributed by atoms with van der Waals surface area (Å²) in [7, 11) is 0. The SMILES string of the molecule is Cc1ccc(NC(=O)N(CCC(N)=NO)C(C)C)cc1. The van der Waals surface area contributed by atoms with Crippen LogP contribution in [0, 0.1) is 6.92 Å². The van der Waals surface area contributed by atoms with Crippen molar-refractivity contribution in [2.45, 2.75) is 33.2 Å². The number of carbonyl (C=O) groups is 1. The van der Waals surface area contributed by atoms with E-state index in [9.17, 15) is 4.79 Å². The number of amides is 2. The minimum Gasteiger partial charge on any atom is -0.409 e. The van der Waals surface area contributed by atoms with E-state index in [0.29, 0.717) is 13.0 Å². The molecular formula is C14H22N4O2. The fourth-order valence-electron chi connectivity index (χ4n) is 1.71. The minimum absolute atomic E-state index is 0.0203. The highest BCUT2D eigenvalue weighted by Crippen LogP contribution is 2.11. The van der Waals surface area contributed by atoms with Crippen LogP contribution >= 0.6 is 0 Å². The summed E-state index contributed by atoms with van der Waals surface area (Å²) in [6, 6.07) is 7.41. The zero-order valence-electron chi connectivity index (χ0n) is 12.1. The number of benzene rings is 1. The zero-order valence-corrected chi connectivity index (χ0v) is 12.1. The van der Waals surface area contributed by atoms with Crippen LogP contribution in [-0.4, -0.2) is 34.6 Å². The molecule has 0 spiro atoms. The molecular weight excluding hydrogens is 256 g/mol. The van der Waals surface area contributed by atoms with Gasteiger partial charge in [-0.25, -0.2) is 4.79 Å². The Labute approximate surface area is 119 Å². The number of urea groups is 1. The number of carbonyl (C=O) groups excluding carboxylic acids is 1. The molecule has 0 heterocycles. The van der Waals surface area contributed by atoms with Crippen molar-refractivity contribution in [2.24, 2.45) is 10.9 Å². The third kappa shape index (κ3) is 4.79. The van der Waals surface area contributed by atoms with Crippen molar-refractivity contribution in [3.05, 3.63) is 29.8 Å². The van der Waals surface area contributed by atoms with Crippen LogP contribution in [0.4, 0.5) is 10.5 Å². The molecule has 6 heteroatoms. The van der Waals surface area contributed by atoms with Crippen LogP contribution in [0.25, 0.3) is 0 Å². The third-order valence-electron chi connectivity index (χ3n) is 2.92. The summed E-state index contributed by atoms with van der Waals surface area (Å²) in [6.07, 6.45) is 0.329. The number of anilines is 1. The number of oxime groups is 1. The van der Waals surface area contributed by atoms with Crippen LogP contribution in [0.1, 0.15) is 25.8 Å². The molecule has 0 atom stereocenters. The summed E-state index contributed by atoms with van der Waals surface area (Å²) in [6.45, 7) is 6.22. The highest BCUT2D eigenvalue weighted by molar-refractivity contribution is 5.90. The predicted octanol–water partition coefficient (Wildman–Crippen LogP) is 2.37. The van der Waals surface area contributed by atoms with Gasteiger partial charge >= 0.3 is 6.03 Å². The molecule has 0 radical (unpaired) electrons. The molecule has 0 unspecified atom stereocenters. The largest absolute Gasteiger partial charge is 0.409 e. The van der Waals surface area contributed by atoms with Gasteiger partial charge in [0.05, 0.1) is 0 Å². The third-order valence-corrected chi connectivity index (χ3v) is 2.92. The van der Waals surface area contributed by atoms with Gasteiger partial charge in [0, 0.05) is 24.7 Å². The molecule has 0 fully saturated rings. The molecule has 1 aromatic rings. The number of hydrogen-bond donors (Lipinski definition) is 3. The maximum Gasteiger partial charge on any atom is 0.322 e. The first-order chi connectivity index (χ1) is 9.43. The van der Waals surface area contributed by atoms with Gasteiger partial charge in [-0.05, 0) is 32.9 Å². The lowest BCUT2D eigenvalue weighted by Crippen LogP contribution is -2.41. The smallest absolute Gasteiger partial charge is 0.322 e. The van der Waals surface area contributed by atoms with Gasteiger partial charge in [0.1, 0.15) is 5.84 Å². The van der Waals surface area contributed by atoms with Crippen LogP contribution in [0.3, 0.4) is 0 Å². The van der Waals surface area contributed by atoms with Gasteiger partial charge in [-0.3, -0.25) is 0 Å². The predicted molar refractivity (Wildman–Crippen MR) is 80.1 cm³/mol. The van der Waals surface area contributed by atoms with Gasteiger partial charge in [0.2, 0.25) is 0 Å². The second-order valence-corrected chi connectivity index (χ2v) is 4.92. The molecule has 0 saturated carbocycles. The van der Waals surface area contributed by atoms with Crippen molar-refractivity contribution >= 4 is 17.6 Å². The Kier molecular flexibility index (Phi) is 5.83. The molecule has 1 aromatic carbocycles. The Morgan fingerprint density at radius 3 is 2.50 bits per heavy atom. The first-order valence-electron chi connectivity index (χ1n) is 6.54. The molecule has 0 aliphatic carbocycles. The van der Waals surface area contributed by atoms with Gasteiger partial charge < -0.3 is 21.2 Å². The quantitative estimate of drug-likeness (QED) is 0.334. The van der Waals surface area contributed by atoms with E-state index in [1.807, 2.05) is 45.0 Å². The average molecular weight is 278 g/mol. The number of amidine groups is 1. The van der Waals surface area contributed by atoms with Crippen LogP contribution in [-0.2, 0) is 0 Å². The van der Waals surface area contributed by atoms with E-state index >= 15 is 0 Å². The summed E-state index contributed by atoms with van der Waals surface area (Å²) in [5.41, 5.74) is 7.31. The number of nitrogens with one attached hydrogen (secondary N) is 1. The van der Waals surface area contributed by atoms with E-state index in [1.165, 1.54) is 0 Å². The van der Waals surface area contributed by atoms with E-state index in [1.54, 1.807) is 4.90 Å². The second kappa shape index (κ2) is 7.37. The summed E-state index contributed by atoms with van der Waals surface area (Å²) < 4.78 is 0. The lowest BCUT2D eigenvalue weighted by Gasteiger charge is -2.26. The molecule has 6 nitrogen and oxygen atoms in total. The van der Waals surface area contributed by atoms with E-state index in [-0.39, 0.29) is 17.9 Å². The number of hydrogen-bond acceptors (Lipinski definition) is 3. The van der Waals surface area contributed by atoms with Gasteiger partial charge in [0.25, 0.3) is 0 Å². The zero-order chi connectivity index (χ0) is 15.1. The summed E-state index contributed by atoms with van der Waals surface area (Å²) in [5, 5.41) is 14.3. The fourth-order valence-corrected chi connectivity index (χ4v) is 1.71. The standard InChI is InChI=1S/C14H22N4O2/c1-10(2)18(9-8-13(15)17-20)14(19)16-12-6-4-11(3)5-7-12/h4-7,10,20H,8-9H2,1-3H3,(H2,15,17)(H,16,19). The molecule has 0 aliphatic heterocycles. The van der Waals surface area contributed by atoms with Gasteiger partial charge in [-0.15, -0.1) is 0 Å². The molecule has 110 valence electrons. The number of nitrogens with zero attached hydrogens (tertiary/aromatic N) is 2. The maximum atomic E-state index is 12.2. The van der Waals surface area contributed by atoms with Crippen LogP contribution in [0.5, 0.6) is 0 Å². The minimum atomic E-state index is -0.199. The highest BCUT2D eigenvalue weighted by atomic mass is 16.4. The van der Waals surface area contributed by atoms with E-state index < -0.39 is 0 Å². The highest BCUT2D eigenvalue weighted by Gasteiger charge is 2.17. The lowest BCUT2D eigenvalue weighted by molar-refractivity contribution is 0.198. The molecule has 1 rings (SSSR count). The Hall–Kier alpha value is -2.24. The first-order valence-corrected chi connectivity index (χ1v) is 6.54. The Bertz CT molecular complexity index is 469. The van der Waals surface area contributed by atoms with Gasteiger partial charge in [0.15, 0.2) is 0 Å². The molecule has 4 N–H and O–H groups in total. The Balaban J connectivity index is 2.66. The molecule has 0 aliphatic rings.